The highest BCUT2D eigenvalue weighted by Crippen LogP contribution is 2.40. The largest absolute Gasteiger partial charge is 0.381 e. The van der Waals surface area contributed by atoms with Gasteiger partial charge in [-0.1, -0.05) is 6.92 Å². The molecule has 0 radical (unpaired) electrons. The lowest BCUT2D eigenvalue weighted by atomic mass is 9.93. The summed E-state index contributed by atoms with van der Waals surface area (Å²) >= 11 is 0. The van der Waals surface area contributed by atoms with Gasteiger partial charge in [-0.05, 0) is 45.2 Å². The van der Waals surface area contributed by atoms with E-state index in [9.17, 15) is 5.26 Å². The lowest BCUT2D eigenvalue weighted by Gasteiger charge is -2.37. The number of hydrogen-bond donors (Lipinski definition) is 1. The summed E-state index contributed by atoms with van der Waals surface area (Å²) < 4.78 is 5.41. The molecule has 1 aliphatic heterocycles. The summed E-state index contributed by atoms with van der Waals surface area (Å²) in [5.41, 5.74) is -0.332. The van der Waals surface area contributed by atoms with Gasteiger partial charge >= 0.3 is 0 Å². The van der Waals surface area contributed by atoms with Crippen molar-refractivity contribution in [2.75, 3.05) is 33.4 Å². The van der Waals surface area contributed by atoms with Crippen molar-refractivity contribution in [3.8, 4) is 6.07 Å². The first-order valence-electron chi connectivity index (χ1n) is 7.16. The Hall–Kier alpha value is -0.630. The Kier molecular flexibility index (Phi) is 4.60. The zero-order chi connectivity index (χ0) is 13.0. The molecule has 4 heteroatoms. The smallest absolute Gasteiger partial charge is 0.122 e. The third-order valence-electron chi connectivity index (χ3n) is 4.28. The van der Waals surface area contributed by atoms with Crippen LogP contribution in [0.25, 0.3) is 0 Å². The molecule has 2 aliphatic rings. The van der Waals surface area contributed by atoms with Gasteiger partial charge in [0.25, 0.3) is 0 Å². The summed E-state index contributed by atoms with van der Waals surface area (Å²) in [6.07, 6.45) is 4.58. The zero-order valence-electron chi connectivity index (χ0n) is 11.6. The van der Waals surface area contributed by atoms with Crippen LogP contribution in [0.2, 0.25) is 0 Å². The molecule has 0 bridgehead atoms. The van der Waals surface area contributed by atoms with Gasteiger partial charge in [-0.25, -0.2) is 0 Å². The second kappa shape index (κ2) is 6.01. The van der Waals surface area contributed by atoms with Gasteiger partial charge in [0, 0.05) is 25.8 Å². The van der Waals surface area contributed by atoms with Crippen molar-refractivity contribution in [3.05, 3.63) is 0 Å². The normalized spacial score (nSPS) is 24.8. The second-order valence-corrected chi connectivity index (χ2v) is 5.65. The van der Waals surface area contributed by atoms with E-state index in [-0.39, 0.29) is 5.54 Å². The van der Waals surface area contributed by atoms with Crippen molar-refractivity contribution in [1.29, 1.82) is 5.26 Å². The molecule has 1 unspecified atom stereocenters. The second-order valence-electron chi connectivity index (χ2n) is 5.65. The van der Waals surface area contributed by atoms with E-state index in [1.807, 2.05) is 0 Å². The van der Waals surface area contributed by atoms with Gasteiger partial charge in [0.15, 0.2) is 0 Å². The molecule has 1 saturated carbocycles. The van der Waals surface area contributed by atoms with Crippen molar-refractivity contribution < 1.29 is 4.74 Å². The van der Waals surface area contributed by atoms with Crippen molar-refractivity contribution in [2.24, 2.45) is 5.92 Å². The number of ether oxygens (including phenoxy) is 1. The molecule has 1 aliphatic carbocycles. The fraction of sp³-hybridized carbons (Fsp3) is 0.929. The highest BCUT2D eigenvalue weighted by Gasteiger charge is 2.46. The fourth-order valence-electron chi connectivity index (χ4n) is 3.04. The maximum absolute atomic E-state index is 9.60. The summed E-state index contributed by atoms with van der Waals surface area (Å²) in [5.74, 6) is 0.546. The average molecular weight is 251 g/mol. The Bertz CT molecular complexity index is 305. The van der Waals surface area contributed by atoms with Crippen LogP contribution in [0.1, 0.15) is 32.6 Å². The van der Waals surface area contributed by atoms with Crippen molar-refractivity contribution >= 4 is 0 Å². The third-order valence-corrected chi connectivity index (χ3v) is 4.28. The molecule has 1 heterocycles. The lowest BCUT2D eigenvalue weighted by Crippen LogP contribution is -2.55. The van der Waals surface area contributed by atoms with E-state index in [0.717, 1.165) is 39.1 Å². The summed E-state index contributed by atoms with van der Waals surface area (Å²) in [6.45, 7) is 5.51. The van der Waals surface area contributed by atoms with E-state index in [0.29, 0.717) is 12.0 Å². The molecule has 1 atom stereocenters. The molecular formula is C14H25N3O. The van der Waals surface area contributed by atoms with E-state index in [1.54, 1.807) is 0 Å². The van der Waals surface area contributed by atoms with Crippen LogP contribution < -0.4 is 5.32 Å². The van der Waals surface area contributed by atoms with Crippen LogP contribution in [0.3, 0.4) is 0 Å². The molecule has 1 N–H and O–H groups in total. The summed E-state index contributed by atoms with van der Waals surface area (Å²) in [6, 6.07) is 3.14. The quantitative estimate of drug-likeness (QED) is 0.775. The van der Waals surface area contributed by atoms with Crippen LogP contribution in [0.5, 0.6) is 0 Å². The molecule has 4 nitrogen and oxygen atoms in total. The molecule has 0 spiro atoms. The molecule has 18 heavy (non-hydrogen) atoms. The van der Waals surface area contributed by atoms with Crippen molar-refractivity contribution in [2.45, 2.75) is 44.2 Å². The van der Waals surface area contributed by atoms with E-state index in [4.69, 9.17) is 4.74 Å². The third kappa shape index (κ3) is 3.03. The Balaban J connectivity index is 1.97. The van der Waals surface area contributed by atoms with Gasteiger partial charge in [0.2, 0.25) is 0 Å². The monoisotopic (exact) mass is 251 g/mol. The van der Waals surface area contributed by atoms with E-state index in [1.165, 1.54) is 12.8 Å². The van der Waals surface area contributed by atoms with E-state index in [2.05, 4.69) is 30.3 Å². The van der Waals surface area contributed by atoms with Crippen LogP contribution in [-0.4, -0.2) is 49.8 Å². The standard InChI is InChI=1S/C14H25N3O/c1-3-16-14(10-15,12-4-5-12)11-17(2)13-6-8-18-9-7-13/h12-13,16H,3-9,11H2,1-2H3. The molecule has 0 aromatic rings. The van der Waals surface area contributed by atoms with Crippen molar-refractivity contribution in [1.82, 2.24) is 10.2 Å². The molecule has 0 amide bonds. The SMILES string of the molecule is CCNC(C#N)(CN(C)C1CCOCC1)C1CC1. The minimum Gasteiger partial charge on any atom is -0.381 e. The molecule has 1 saturated heterocycles. The summed E-state index contributed by atoms with van der Waals surface area (Å²) in [4.78, 5) is 2.37. The van der Waals surface area contributed by atoms with Crippen LogP contribution in [0.4, 0.5) is 0 Å². The first kappa shape index (κ1) is 13.8. The summed E-state index contributed by atoms with van der Waals surface area (Å²) in [5, 5.41) is 13.0. The van der Waals surface area contributed by atoms with Crippen molar-refractivity contribution in [3.63, 3.8) is 0 Å². The van der Waals surface area contributed by atoms with Crippen LogP contribution in [0.15, 0.2) is 0 Å². The van der Waals surface area contributed by atoms with Gasteiger partial charge in [-0.2, -0.15) is 5.26 Å². The first-order valence-corrected chi connectivity index (χ1v) is 7.16. The number of hydrogen-bond acceptors (Lipinski definition) is 4. The minimum atomic E-state index is -0.332. The highest BCUT2D eigenvalue weighted by atomic mass is 16.5. The Morgan fingerprint density at radius 2 is 2.00 bits per heavy atom. The zero-order valence-corrected chi connectivity index (χ0v) is 11.6. The number of rotatable bonds is 6. The molecule has 102 valence electrons. The topological polar surface area (TPSA) is 48.3 Å². The molecular weight excluding hydrogens is 226 g/mol. The van der Waals surface area contributed by atoms with Gasteiger partial charge < -0.3 is 9.64 Å². The van der Waals surface area contributed by atoms with Crippen LogP contribution >= 0.6 is 0 Å². The molecule has 2 fully saturated rings. The predicted molar refractivity (Wildman–Crippen MR) is 71.2 cm³/mol. The maximum Gasteiger partial charge on any atom is 0.122 e. The highest BCUT2D eigenvalue weighted by molar-refractivity contribution is 5.16. The number of nitriles is 1. The summed E-state index contributed by atoms with van der Waals surface area (Å²) in [7, 11) is 2.15. The maximum atomic E-state index is 9.60. The van der Waals surface area contributed by atoms with Gasteiger partial charge in [0.05, 0.1) is 6.07 Å². The predicted octanol–water partition coefficient (Wildman–Crippen LogP) is 1.38. The number of likely N-dealkylation sites (N-methyl/N-ethyl adjacent to an activating group) is 2. The number of nitrogens with zero attached hydrogens (tertiary/aromatic N) is 2. The van der Waals surface area contributed by atoms with Gasteiger partial charge in [-0.15, -0.1) is 0 Å². The fourth-order valence-corrected chi connectivity index (χ4v) is 3.04. The Morgan fingerprint density at radius 3 is 2.50 bits per heavy atom. The Labute approximate surface area is 110 Å². The lowest BCUT2D eigenvalue weighted by molar-refractivity contribution is 0.0355. The molecule has 0 aromatic carbocycles. The number of nitrogens with one attached hydrogen (secondary N) is 1. The van der Waals surface area contributed by atoms with Crippen LogP contribution in [0, 0.1) is 17.2 Å². The first-order chi connectivity index (χ1) is 8.72. The van der Waals surface area contributed by atoms with E-state index >= 15 is 0 Å². The Morgan fingerprint density at radius 1 is 1.33 bits per heavy atom. The molecule has 0 aromatic heterocycles. The van der Waals surface area contributed by atoms with E-state index < -0.39 is 0 Å². The van der Waals surface area contributed by atoms with Gasteiger partial charge in [-0.3, -0.25) is 5.32 Å². The minimum absolute atomic E-state index is 0.332. The molecule has 2 rings (SSSR count). The van der Waals surface area contributed by atoms with Gasteiger partial charge in [0.1, 0.15) is 5.54 Å². The average Bonchev–Trinajstić information content (AvgIpc) is 3.24. The van der Waals surface area contributed by atoms with Crippen LogP contribution in [-0.2, 0) is 4.74 Å².